The molecule has 7 heteroatoms. The molecule has 52 heavy (non-hydrogen) atoms. The van der Waals surface area contributed by atoms with Gasteiger partial charge in [-0.3, -0.25) is 0 Å². The molecular weight excluding hydrogens is 697 g/mol. The summed E-state index contributed by atoms with van der Waals surface area (Å²) < 4.78 is 78.7. The van der Waals surface area contributed by atoms with E-state index in [1.54, 1.807) is 24.3 Å². The van der Waals surface area contributed by atoms with E-state index in [0.29, 0.717) is 10.9 Å². The molecule has 0 aliphatic rings. The molecule has 0 amide bonds. The zero-order chi connectivity index (χ0) is 37.0. The lowest BCUT2D eigenvalue weighted by Crippen LogP contribution is -2.21. The molecule has 0 aliphatic carbocycles. The summed E-state index contributed by atoms with van der Waals surface area (Å²) in [6, 6.07) is 46.0. The molecule has 0 saturated heterocycles. The summed E-state index contributed by atoms with van der Waals surface area (Å²) in [5, 5.41) is 4.90. The highest BCUT2D eigenvalue weighted by Gasteiger charge is 2.37. The van der Waals surface area contributed by atoms with Gasteiger partial charge >= 0.3 is 0 Å². The first-order chi connectivity index (χ1) is 25.0. The first-order valence-corrected chi connectivity index (χ1v) is 19.5. The molecule has 0 nitrogen and oxygen atoms in total. The van der Waals surface area contributed by atoms with Gasteiger partial charge in [-0.2, -0.15) is 0 Å². The van der Waals surface area contributed by atoms with Crippen molar-refractivity contribution in [2.24, 2.45) is 5.41 Å². The molecule has 6 aromatic carbocycles. The van der Waals surface area contributed by atoms with Crippen molar-refractivity contribution in [1.82, 2.24) is 0 Å². The molecule has 6 rings (SSSR count). The normalized spacial score (nSPS) is 12.7. The van der Waals surface area contributed by atoms with E-state index in [1.165, 1.54) is 0 Å². The highest BCUT2D eigenvalue weighted by Crippen LogP contribution is 2.61. The molecule has 0 radical (unpaired) electrons. The Morgan fingerprint density at radius 3 is 1.17 bits per heavy atom. The predicted octanol–water partition coefficient (Wildman–Crippen LogP) is 11.6. The Morgan fingerprint density at radius 2 is 0.808 bits per heavy atom. The van der Waals surface area contributed by atoms with Crippen molar-refractivity contribution in [3.8, 4) is 0 Å². The summed E-state index contributed by atoms with van der Waals surface area (Å²) in [5.41, 5.74) is -0.281. The van der Waals surface area contributed by atoms with Crippen LogP contribution in [0.1, 0.15) is 37.5 Å². The predicted molar refractivity (Wildman–Crippen MR) is 209 cm³/mol. The zero-order valence-electron chi connectivity index (χ0n) is 29.2. The molecule has 0 spiro atoms. The van der Waals surface area contributed by atoms with Crippen LogP contribution in [0.5, 0.6) is 0 Å². The minimum atomic E-state index is -2.20. The van der Waals surface area contributed by atoms with Crippen molar-refractivity contribution in [1.29, 1.82) is 0 Å². The van der Waals surface area contributed by atoms with Gasteiger partial charge in [-0.15, -0.1) is 0 Å². The first kappa shape index (κ1) is 37.1. The monoisotopic (exact) mass is 734 g/mol. The SMILES string of the molecule is Cc1ccc(/C(=C(\C(=C\C(C)(C)C)P(c2ccccc2)c2ccccc2)P(c2ccccc2)c2ccccc2)c2c(F)c(F)c(F)c(F)c2F)cc1. The summed E-state index contributed by atoms with van der Waals surface area (Å²) in [5.74, 6) is -9.93. The Morgan fingerprint density at radius 1 is 0.462 bits per heavy atom. The van der Waals surface area contributed by atoms with Gasteiger partial charge in [-0.1, -0.05) is 178 Å². The van der Waals surface area contributed by atoms with Crippen LogP contribution in [0, 0.1) is 41.4 Å². The van der Waals surface area contributed by atoms with Crippen LogP contribution < -0.4 is 21.2 Å². The van der Waals surface area contributed by atoms with E-state index in [-0.39, 0.29) is 5.57 Å². The molecule has 0 aromatic heterocycles. The molecule has 0 heterocycles. The minimum absolute atomic E-state index is 0.0403. The maximum atomic E-state index is 16.5. The molecule has 0 unspecified atom stereocenters. The lowest BCUT2D eigenvalue weighted by molar-refractivity contribution is 0.376. The molecule has 0 bridgehead atoms. The van der Waals surface area contributed by atoms with Gasteiger partial charge in [-0.25, -0.2) is 22.0 Å². The third kappa shape index (κ3) is 7.87. The average molecular weight is 735 g/mol. The van der Waals surface area contributed by atoms with E-state index in [4.69, 9.17) is 0 Å². The number of halogens is 5. The lowest BCUT2D eigenvalue weighted by Gasteiger charge is -2.34. The van der Waals surface area contributed by atoms with Crippen LogP contribution in [-0.2, 0) is 0 Å². The molecule has 0 fully saturated rings. The van der Waals surface area contributed by atoms with Gasteiger partial charge in [0.25, 0.3) is 0 Å². The van der Waals surface area contributed by atoms with Crippen LogP contribution in [0.25, 0.3) is 5.57 Å². The van der Waals surface area contributed by atoms with E-state index < -0.39 is 55.9 Å². The Hall–Kier alpha value is -4.69. The van der Waals surface area contributed by atoms with Gasteiger partial charge in [0.05, 0.1) is 5.56 Å². The van der Waals surface area contributed by atoms with Crippen LogP contribution in [-0.4, -0.2) is 0 Å². The van der Waals surface area contributed by atoms with Gasteiger partial charge in [-0.05, 0) is 60.3 Å². The number of hydrogen-bond donors (Lipinski definition) is 0. The van der Waals surface area contributed by atoms with E-state index >= 15 is 17.6 Å². The maximum Gasteiger partial charge on any atom is 0.200 e. The van der Waals surface area contributed by atoms with Crippen LogP contribution in [0.2, 0.25) is 0 Å². The van der Waals surface area contributed by atoms with E-state index in [1.807, 2.05) is 149 Å². The third-order valence-electron chi connectivity index (χ3n) is 8.37. The fourth-order valence-electron chi connectivity index (χ4n) is 6.09. The van der Waals surface area contributed by atoms with Crippen molar-refractivity contribution in [3.05, 3.63) is 208 Å². The summed E-state index contributed by atoms with van der Waals surface area (Å²) in [4.78, 5) is 0. The highest BCUT2D eigenvalue weighted by atomic mass is 31.1. The second kappa shape index (κ2) is 15.9. The molecule has 262 valence electrons. The van der Waals surface area contributed by atoms with E-state index in [0.717, 1.165) is 32.1 Å². The highest BCUT2D eigenvalue weighted by molar-refractivity contribution is 7.82. The van der Waals surface area contributed by atoms with E-state index in [2.05, 4.69) is 6.08 Å². The van der Waals surface area contributed by atoms with Gasteiger partial charge in [0.1, 0.15) is 0 Å². The van der Waals surface area contributed by atoms with Crippen molar-refractivity contribution in [2.75, 3.05) is 0 Å². The Labute approximate surface area is 304 Å². The van der Waals surface area contributed by atoms with Crippen LogP contribution in [0.15, 0.2) is 162 Å². The van der Waals surface area contributed by atoms with Gasteiger partial charge in [0.15, 0.2) is 23.3 Å². The number of allylic oxidation sites excluding steroid dienone is 3. The third-order valence-corrected chi connectivity index (χ3v) is 13.6. The Bertz CT molecular complexity index is 2100. The van der Waals surface area contributed by atoms with Gasteiger partial charge in [0.2, 0.25) is 5.82 Å². The number of hydrogen-bond acceptors (Lipinski definition) is 0. The largest absolute Gasteiger partial charge is 0.203 e. The fourth-order valence-corrected chi connectivity index (χ4v) is 11.8. The smallest absolute Gasteiger partial charge is 0.200 e. The minimum Gasteiger partial charge on any atom is -0.203 e. The van der Waals surface area contributed by atoms with Crippen LogP contribution in [0.4, 0.5) is 22.0 Å². The fraction of sp³-hybridized carbons (Fsp3) is 0.111. The summed E-state index contributed by atoms with van der Waals surface area (Å²) in [7, 11) is -3.19. The van der Waals surface area contributed by atoms with Crippen molar-refractivity contribution in [3.63, 3.8) is 0 Å². The van der Waals surface area contributed by atoms with Gasteiger partial charge in [0, 0.05) is 10.9 Å². The zero-order valence-corrected chi connectivity index (χ0v) is 31.0. The molecule has 0 N–H and O–H groups in total. The Balaban J connectivity index is 1.93. The molecule has 0 saturated carbocycles. The second-order valence-corrected chi connectivity index (χ2v) is 17.8. The number of rotatable bonds is 9. The van der Waals surface area contributed by atoms with Gasteiger partial charge < -0.3 is 0 Å². The summed E-state index contributed by atoms with van der Waals surface area (Å²) >= 11 is 0. The number of aryl methyl sites for hydroxylation is 1. The molecule has 0 atom stereocenters. The second-order valence-electron chi connectivity index (χ2n) is 13.4. The molecular formula is C45H37F5P2. The average Bonchev–Trinajstić information content (AvgIpc) is 3.15. The first-order valence-electron chi connectivity index (χ1n) is 16.8. The van der Waals surface area contributed by atoms with Crippen molar-refractivity contribution >= 4 is 42.6 Å². The standard InChI is InChI=1S/C45H37F5P2/c1-30-25-27-31(28-26-30)37(38-39(46)41(48)43(50)42(49)40(38)47)44(52(34-21-13-7-14-22-34)35-23-15-8-16-24-35)36(29-45(2,3)4)51(32-17-9-5-10-18-32)33-19-11-6-12-20-33/h5-29H,1-4H3/b36-29-,44-37-. The van der Waals surface area contributed by atoms with Crippen LogP contribution in [0.3, 0.4) is 0 Å². The maximum absolute atomic E-state index is 16.5. The van der Waals surface area contributed by atoms with Crippen LogP contribution >= 0.6 is 15.8 Å². The van der Waals surface area contributed by atoms with Crippen molar-refractivity contribution in [2.45, 2.75) is 27.7 Å². The summed E-state index contributed by atoms with van der Waals surface area (Å²) in [6.45, 7) is 8.02. The van der Waals surface area contributed by atoms with E-state index in [9.17, 15) is 4.39 Å². The van der Waals surface area contributed by atoms with Crippen molar-refractivity contribution < 1.29 is 22.0 Å². The summed E-state index contributed by atoms with van der Waals surface area (Å²) in [6.07, 6.45) is 2.12. The molecule has 0 aliphatic heterocycles. The molecule has 6 aromatic rings. The Kier molecular flexibility index (Phi) is 11.3. The number of benzene rings is 6. The quantitative estimate of drug-likeness (QED) is 0.0456. The lowest BCUT2D eigenvalue weighted by atomic mass is 9.92. The topological polar surface area (TPSA) is 0 Å².